The van der Waals surface area contributed by atoms with Crippen molar-refractivity contribution < 1.29 is 4.79 Å². The van der Waals surface area contributed by atoms with E-state index in [1.165, 1.54) is 4.88 Å². The van der Waals surface area contributed by atoms with Gasteiger partial charge in [0.15, 0.2) is 0 Å². The lowest BCUT2D eigenvalue weighted by molar-refractivity contribution is 0.112. The van der Waals surface area contributed by atoms with Crippen LogP contribution in [0.25, 0.3) is 11.0 Å². The highest BCUT2D eigenvalue weighted by Crippen LogP contribution is 2.34. The molecule has 4 heteroatoms. The molecule has 4 aromatic rings. The molecule has 1 atom stereocenters. The summed E-state index contributed by atoms with van der Waals surface area (Å²) in [6.45, 7) is 0. The molecule has 0 aliphatic heterocycles. The van der Waals surface area contributed by atoms with Gasteiger partial charge in [0.2, 0.25) is 0 Å². The number of nitrogens with one attached hydrogen (secondary N) is 1. The molecule has 0 bridgehead atoms. The average molecular weight is 318 g/mol. The molecule has 1 unspecified atom stereocenters. The fourth-order valence-electron chi connectivity index (χ4n) is 2.79. The minimum absolute atomic E-state index is 0.0445. The first-order chi connectivity index (χ1) is 11.3. The van der Waals surface area contributed by atoms with Crippen LogP contribution in [0.15, 0.2) is 66.0 Å². The molecule has 3 nitrogen and oxygen atoms in total. The first-order valence-electron chi connectivity index (χ1n) is 7.38. The van der Waals surface area contributed by atoms with E-state index in [0.717, 1.165) is 28.7 Å². The van der Waals surface area contributed by atoms with E-state index in [4.69, 9.17) is 4.98 Å². The standard InChI is InChI=1S/C19H14N2OS/c22-12-13-7-9-14(10-8-13)18(17-6-3-11-23-17)19-20-15-4-1-2-5-16(15)21-19/h1-12,18H,(H,20,21). The first kappa shape index (κ1) is 13.9. The maximum Gasteiger partial charge on any atom is 0.150 e. The van der Waals surface area contributed by atoms with Crippen molar-refractivity contribution in [3.8, 4) is 0 Å². The largest absolute Gasteiger partial charge is 0.341 e. The number of carbonyl (C=O) groups excluding carboxylic acids is 1. The Balaban J connectivity index is 1.86. The van der Waals surface area contributed by atoms with Crippen LogP contribution in [0.3, 0.4) is 0 Å². The van der Waals surface area contributed by atoms with Crippen molar-refractivity contribution in [1.82, 2.24) is 9.97 Å². The number of para-hydroxylation sites is 2. The summed E-state index contributed by atoms with van der Waals surface area (Å²) in [4.78, 5) is 20.3. The van der Waals surface area contributed by atoms with Crippen LogP contribution in [-0.4, -0.2) is 16.3 Å². The van der Waals surface area contributed by atoms with Crippen molar-refractivity contribution >= 4 is 28.7 Å². The van der Waals surface area contributed by atoms with Crippen molar-refractivity contribution in [1.29, 1.82) is 0 Å². The molecule has 2 aromatic heterocycles. The van der Waals surface area contributed by atoms with Gasteiger partial charge in [-0.15, -0.1) is 11.3 Å². The third-order valence-corrected chi connectivity index (χ3v) is 4.85. The van der Waals surface area contributed by atoms with Crippen molar-refractivity contribution in [3.63, 3.8) is 0 Å². The van der Waals surface area contributed by atoms with Crippen LogP contribution in [0.5, 0.6) is 0 Å². The molecule has 0 radical (unpaired) electrons. The predicted molar refractivity (Wildman–Crippen MR) is 93.2 cm³/mol. The summed E-state index contributed by atoms with van der Waals surface area (Å²) in [5.41, 5.74) is 3.81. The van der Waals surface area contributed by atoms with Crippen molar-refractivity contribution in [3.05, 3.63) is 87.9 Å². The molecule has 0 aliphatic rings. The molecule has 2 heterocycles. The molecule has 0 spiro atoms. The minimum Gasteiger partial charge on any atom is -0.341 e. The fraction of sp³-hybridized carbons (Fsp3) is 0.0526. The number of aldehydes is 1. The van der Waals surface area contributed by atoms with Crippen molar-refractivity contribution in [2.75, 3.05) is 0 Å². The number of aromatic amines is 1. The number of fused-ring (bicyclic) bond motifs is 1. The number of thiophene rings is 1. The van der Waals surface area contributed by atoms with Gasteiger partial charge in [0.05, 0.1) is 17.0 Å². The maximum atomic E-state index is 10.9. The van der Waals surface area contributed by atoms with Gasteiger partial charge in [0.25, 0.3) is 0 Å². The molecule has 112 valence electrons. The zero-order chi connectivity index (χ0) is 15.6. The lowest BCUT2D eigenvalue weighted by Gasteiger charge is -2.13. The number of carbonyl (C=O) groups is 1. The van der Waals surface area contributed by atoms with Crippen LogP contribution in [-0.2, 0) is 0 Å². The summed E-state index contributed by atoms with van der Waals surface area (Å²) in [6, 6.07) is 19.9. The van der Waals surface area contributed by atoms with Crippen LogP contribution in [0.1, 0.15) is 32.5 Å². The summed E-state index contributed by atoms with van der Waals surface area (Å²) in [7, 11) is 0. The van der Waals surface area contributed by atoms with Crippen molar-refractivity contribution in [2.24, 2.45) is 0 Å². The normalized spacial score (nSPS) is 12.3. The summed E-state index contributed by atoms with van der Waals surface area (Å²) in [6.07, 6.45) is 0.866. The van der Waals surface area contributed by atoms with Gasteiger partial charge in [-0.1, -0.05) is 42.5 Å². The van der Waals surface area contributed by atoms with Gasteiger partial charge in [-0.25, -0.2) is 4.98 Å². The Kier molecular flexibility index (Phi) is 3.52. The third-order valence-electron chi connectivity index (χ3n) is 3.91. The van der Waals surface area contributed by atoms with E-state index in [0.29, 0.717) is 5.56 Å². The summed E-state index contributed by atoms with van der Waals surface area (Å²) in [5.74, 6) is 0.968. The van der Waals surface area contributed by atoms with Gasteiger partial charge in [0, 0.05) is 10.4 Å². The zero-order valence-electron chi connectivity index (χ0n) is 12.3. The summed E-state index contributed by atoms with van der Waals surface area (Å²) >= 11 is 1.71. The molecule has 0 saturated heterocycles. The van der Waals surface area contributed by atoms with Crippen LogP contribution in [0.2, 0.25) is 0 Å². The van der Waals surface area contributed by atoms with Gasteiger partial charge in [-0.05, 0) is 29.1 Å². The van der Waals surface area contributed by atoms with E-state index in [1.807, 2.05) is 48.5 Å². The Bertz CT molecular complexity index is 906. The van der Waals surface area contributed by atoms with E-state index < -0.39 is 0 Å². The van der Waals surface area contributed by atoms with Gasteiger partial charge in [-0.2, -0.15) is 0 Å². The molecule has 0 fully saturated rings. The number of benzene rings is 2. The Morgan fingerprint density at radius 2 is 1.83 bits per heavy atom. The van der Waals surface area contributed by atoms with E-state index in [-0.39, 0.29) is 5.92 Å². The maximum absolute atomic E-state index is 10.9. The van der Waals surface area contributed by atoms with Crippen LogP contribution < -0.4 is 0 Å². The average Bonchev–Trinajstić information content (AvgIpc) is 3.25. The van der Waals surface area contributed by atoms with E-state index in [1.54, 1.807) is 11.3 Å². The molecule has 0 amide bonds. The van der Waals surface area contributed by atoms with E-state index >= 15 is 0 Å². The van der Waals surface area contributed by atoms with Crippen LogP contribution in [0, 0.1) is 0 Å². The second-order valence-electron chi connectivity index (χ2n) is 5.37. The van der Waals surface area contributed by atoms with Crippen LogP contribution >= 0.6 is 11.3 Å². The Hall–Kier alpha value is -2.72. The molecule has 4 rings (SSSR count). The Labute approximate surface area is 137 Å². The molecule has 0 aliphatic carbocycles. The number of hydrogen-bond donors (Lipinski definition) is 1. The second-order valence-corrected chi connectivity index (χ2v) is 6.35. The van der Waals surface area contributed by atoms with E-state index in [2.05, 4.69) is 22.5 Å². The zero-order valence-corrected chi connectivity index (χ0v) is 13.1. The predicted octanol–water partition coefficient (Wildman–Crippen LogP) is 4.62. The highest BCUT2D eigenvalue weighted by Gasteiger charge is 2.21. The molecule has 0 saturated carbocycles. The number of rotatable bonds is 4. The minimum atomic E-state index is 0.0445. The highest BCUT2D eigenvalue weighted by atomic mass is 32.1. The smallest absolute Gasteiger partial charge is 0.150 e. The molecule has 23 heavy (non-hydrogen) atoms. The summed E-state index contributed by atoms with van der Waals surface area (Å²) < 4.78 is 0. The number of H-pyrrole nitrogens is 1. The van der Waals surface area contributed by atoms with E-state index in [9.17, 15) is 4.79 Å². The van der Waals surface area contributed by atoms with Gasteiger partial charge < -0.3 is 4.98 Å². The highest BCUT2D eigenvalue weighted by molar-refractivity contribution is 7.10. The fourth-order valence-corrected chi connectivity index (χ4v) is 3.64. The number of imidazole rings is 1. The summed E-state index contributed by atoms with van der Waals surface area (Å²) in [5, 5.41) is 2.07. The first-order valence-corrected chi connectivity index (χ1v) is 8.26. The lowest BCUT2D eigenvalue weighted by atomic mass is 9.96. The molecular formula is C19H14N2OS. The van der Waals surface area contributed by atoms with Gasteiger partial charge >= 0.3 is 0 Å². The number of nitrogens with zero attached hydrogens (tertiary/aromatic N) is 1. The Morgan fingerprint density at radius 3 is 2.52 bits per heavy atom. The number of hydrogen-bond acceptors (Lipinski definition) is 3. The number of aromatic nitrogens is 2. The van der Waals surface area contributed by atoms with Gasteiger partial charge in [0.1, 0.15) is 12.1 Å². The molecule has 2 aromatic carbocycles. The van der Waals surface area contributed by atoms with Crippen molar-refractivity contribution in [2.45, 2.75) is 5.92 Å². The molecule has 1 N–H and O–H groups in total. The van der Waals surface area contributed by atoms with Gasteiger partial charge in [-0.3, -0.25) is 4.79 Å². The SMILES string of the molecule is O=Cc1ccc(C(c2nc3ccccc3[nH]2)c2cccs2)cc1. The monoisotopic (exact) mass is 318 g/mol. The third kappa shape index (κ3) is 2.58. The lowest BCUT2D eigenvalue weighted by Crippen LogP contribution is -2.03. The second kappa shape index (κ2) is 5.82. The topological polar surface area (TPSA) is 45.8 Å². The Morgan fingerprint density at radius 1 is 1.00 bits per heavy atom. The quantitative estimate of drug-likeness (QED) is 0.558. The molecular weight excluding hydrogens is 304 g/mol. The van der Waals surface area contributed by atoms with Crippen LogP contribution in [0.4, 0.5) is 0 Å².